The molecule has 0 fully saturated rings. The summed E-state index contributed by atoms with van der Waals surface area (Å²) in [6, 6.07) is 5.64. The maximum Gasteiger partial charge on any atom is 0.145 e. The summed E-state index contributed by atoms with van der Waals surface area (Å²) in [4.78, 5) is 4.41. The monoisotopic (exact) mass is 215 g/mol. The van der Waals surface area contributed by atoms with Crippen LogP contribution in [-0.2, 0) is 4.84 Å². The molecule has 1 N–H and O–H groups in total. The van der Waals surface area contributed by atoms with E-state index in [0.29, 0.717) is 0 Å². The number of aryl methyl sites for hydroxylation is 1. The van der Waals surface area contributed by atoms with Gasteiger partial charge < -0.3 is 9.94 Å². The maximum atomic E-state index is 7.00. The summed E-state index contributed by atoms with van der Waals surface area (Å²) < 4.78 is 0. The molecule has 0 spiro atoms. The van der Waals surface area contributed by atoms with Crippen molar-refractivity contribution in [2.45, 2.75) is 6.92 Å². The molecule has 3 nitrogen and oxygen atoms in total. The largest absolute Gasteiger partial charge is 0.400 e. The van der Waals surface area contributed by atoms with Crippen LogP contribution in [0.25, 0.3) is 0 Å². The Hall–Kier alpha value is -2.23. The Morgan fingerprint density at radius 3 is 2.62 bits per heavy atom. The highest BCUT2D eigenvalue weighted by atomic mass is 16.6. The van der Waals surface area contributed by atoms with Gasteiger partial charge in [-0.25, -0.2) is 0 Å². The zero-order chi connectivity index (χ0) is 12.4. The topological polar surface area (TPSA) is 41.8 Å². The second kappa shape index (κ2) is 8.11. The number of terminal acetylenes is 2. The van der Waals surface area contributed by atoms with Gasteiger partial charge in [-0.15, -0.1) is 6.42 Å². The standard InChI is InChI=1S/C12H9NO.CH4O/c1-4-11-7-6-10(3)12(8-11)9-13-14-5-2;1-2/h1-2,6-9H,3H3;2H,1H3/b13-9-;. The number of rotatable bonds is 2. The van der Waals surface area contributed by atoms with Gasteiger partial charge in [-0.2, -0.15) is 0 Å². The minimum Gasteiger partial charge on any atom is -0.400 e. The highest BCUT2D eigenvalue weighted by molar-refractivity contribution is 5.81. The molecule has 0 amide bonds. The Morgan fingerprint density at radius 1 is 1.38 bits per heavy atom. The van der Waals surface area contributed by atoms with E-state index in [1.54, 1.807) is 0 Å². The molecular formula is C13H13NO2. The summed E-state index contributed by atoms with van der Waals surface area (Å²) in [7, 11) is 1.00. The predicted octanol–water partition coefficient (Wildman–Crippen LogP) is 1.53. The number of hydrogen-bond acceptors (Lipinski definition) is 3. The van der Waals surface area contributed by atoms with Crippen LogP contribution >= 0.6 is 0 Å². The molecule has 3 heteroatoms. The highest BCUT2D eigenvalue weighted by Gasteiger charge is 1.95. The van der Waals surface area contributed by atoms with Crippen LogP contribution in [0, 0.1) is 31.8 Å². The van der Waals surface area contributed by atoms with Crippen LogP contribution < -0.4 is 0 Å². The molecule has 1 aromatic rings. The lowest BCUT2D eigenvalue weighted by atomic mass is 10.1. The number of aliphatic hydroxyl groups is 1. The molecule has 0 aliphatic carbocycles. The number of benzene rings is 1. The zero-order valence-corrected chi connectivity index (χ0v) is 9.27. The molecule has 0 saturated heterocycles. The van der Waals surface area contributed by atoms with Crippen molar-refractivity contribution in [3.05, 3.63) is 34.9 Å². The van der Waals surface area contributed by atoms with Gasteiger partial charge in [-0.1, -0.05) is 23.6 Å². The molecule has 1 aromatic carbocycles. The van der Waals surface area contributed by atoms with Crippen LogP contribution in [0.5, 0.6) is 0 Å². The van der Waals surface area contributed by atoms with E-state index in [-0.39, 0.29) is 0 Å². The van der Waals surface area contributed by atoms with Crippen molar-refractivity contribution in [1.82, 2.24) is 0 Å². The molecule has 0 aliphatic heterocycles. The van der Waals surface area contributed by atoms with E-state index < -0.39 is 0 Å². The first-order chi connectivity index (χ1) is 7.77. The van der Waals surface area contributed by atoms with E-state index >= 15 is 0 Å². The van der Waals surface area contributed by atoms with Gasteiger partial charge in [0.05, 0.1) is 6.21 Å². The van der Waals surface area contributed by atoms with Crippen molar-refractivity contribution in [3.63, 3.8) is 0 Å². The first-order valence-corrected chi connectivity index (χ1v) is 4.45. The SMILES string of the molecule is C#CO/N=C\c1cc(C#C)ccc1C.CO. The van der Waals surface area contributed by atoms with Crippen LogP contribution in [0.3, 0.4) is 0 Å². The highest BCUT2D eigenvalue weighted by Crippen LogP contribution is 2.08. The van der Waals surface area contributed by atoms with E-state index in [4.69, 9.17) is 18.0 Å². The average Bonchev–Trinajstić information content (AvgIpc) is 2.34. The van der Waals surface area contributed by atoms with Gasteiger partial charge in [0.2, 0.25) is 0 Å². The molecule has 0 atom stereocenters. The molecule has 82 valence electrons. The number of oxime groups is 1. The number of hydrogen-bond donors (Lipinski definition) is 1. The number of nitrogens with zero attached hydrogens (tertiary/aromatic N) is 1. The lowest BCUT2D eigenvalue weighted by Gasteiger charge is -1.99. The normalized spacial score (nSPS) is 8.56. The second-order valence-electron chi connectivity index (χ2n) is 2.66. The third-order valence-electron chi connectivity index (χ3n) is 1.74. The molecule has 0 aromatic heterocycles. The molecule has 0 bridgehead atoms. The molecule has 0 unspecified atom stereocenters. The minimum atomic E-state index is 0.803. The summed E-state index contributed by atoms with van der Waals surface area (Å²) in [6.45, 7) is 1.96. The van der Waals surface area contributed by atoms with E-state index in [2.05, 4.69) is 15.9 Å². The van der Waals surface area contributed by atoms with Gasteiger partial charge in [0.1, 0.15) is 6.11 Å². The molecular weight excluding hydrogens is 202 g/mol. The molecule has 0 radical (unpaired) electrons. The molecule has 16 heavy (non-hydrogen) atoms. The third-order valence-corrected chi connectivity index (χ3v) is 1.74. The van der Waals surface area contributed by atoms with E-state index in [1.807, 2.05) is 31.2 Å². The predicted molar refractivity (Wildman–Crippen MR) is 64.8 cm³/mol. The van der Waals surface area contributed by atoms with E-state index in [1.165, 1.54) is 6.21 Å². The van der Waals surface area contributed by atoms with Crippen LogP contribution in [0.4, 0.5) is 0 Å². The summed E-state index contributed by atoms with van der Waals surface area (Å²) >= 11 is 0. The van der Waals surface area contributed by atoms with E-state index in [9.17, 15) is 0 Å². The second-order valence-corrected chi connectivity index (χ2v) is 2.66. The summed E-state index contributed by atoms with van der Waals surface area (Å²) in [6.07, 6.45) is 13.6. The van der Waals surface area contributed by atoms with Crippen molar-refractivity contribution >= 4 is 6.21 Å². The lowest BCUT2D eigenvalue weighted by Crippen LogP contribution is -1.88. The Balaban J connectivity index is 0.00000106. The van der Waals surface area contributed by atoms with Crippen LogP contribution in [0.2, 0.25) is 0 Å². The quantitative estimate of drug-likeness (QED) is 0.462. The first-order valence-electron chi connectivity index (χ1n) is 4.45. The molecule has 0 saturated carbocycles. The fourth-order valence-corrected chi connectivity index (χ4v) is 0.983. The lowest BCUT2D eigenvalue weighted by molar-refractivity contribution is 0.302. The van der Waals surface area contributed by atoms with Crippen molar-refractivity contribution in [1.29, 1.82) is 0 Å². The fourth-order valence-electron chi connectivity index (χ4n) is 0.983. The maximum absolute atomic E-state index is 7.00. The van der Waals surface area contributed by atoms with Gasteiger partial charge in [-0.3, -0.25) is 0 Å². The smallest absolute Gasteiger partial charge is 0.145 e. The van der Waals surface area contributed by atoms with Gasteiger partial charge in [-0.05, 0) is 24.6 Å². The van der Waals surface area contributed by atoms with Gasteiger partial charge in [0.25, 0.3) is 0 Å². The van der Waals surface area contributed by atoms with Crippen molar-refractivity contribution in [3.8, 4) is 24.9 Å². The Morgan fingerprint density at radius 2 is 2.06 bits per heavy atom. The van der Waals surface area contributed by atoms with Gasteiger partial charge >= 0.3 is 0 Å². The Kier molecular flexibility index (Phi) is 6.98. The van der Waals surface area contributed by atoms with Crippen LogP contribution in [-0.4, -0.2) is 18.4 Å². The summed E-state index contributed by atoms with van der Waals surface area (Å²) in [5.74, 6) is 2.54. The molecule has 0 aliphatic rings. The average molecular weight is 215 g/mol. The summed E-state index contributed by atoms with van der Waals surface area (Å²) in [5, 5.41) is 10.6. The van der Waals surface area contributed by atoms with Crippen molar-refractivity contribution in [2.75, 3.05) is 7.11 Å². The van der Waals surface area contributed by atoms with Crippen molar-refractivity contribution < 1.29 is 9.94 Å². The molecule has 1 rings (SSSR count). The van der Waals surface area contributed by atoms with E-state index in [0.717, 1.165) is 23.8 Å². The first kappa shape index (κ1) is 13.8. The van der Waals surface area contributed by atoms with Crippen LogP contribution in [0.15, 0.2) is 23.4 Å². The summed E-state index contributed by atoms with van der Waals surface area (Å²) in [5.41, 5.74) is 2.77. The van der Waals surface area contributed by atoms with Gasteiger partial charge in [0, 0.05) is 18.2 Å². The van der Waals surface area contributed by atoms with Crippen LogP contribution in [0.1, 0.15) is 16.7 Å². The fraction of sp³-hybridized carbons (Fsp3) is 0.154. The molecule has 0 heterocycles. The van der Waals surface area contributed by atoms with Gasteiger partial charge in [0.15, 0.2) is 0 Å². The Bertz CT molecular complexity index is 436. The minimum absolute atomic E-state index is 0.803. The third kappa shape index (κ3) is 4.32. The number of aliphatic hydroxyl groups excluding tert-OH is 1. The zero-order valence-electron chi connectivity index (χ0n) is 9.27. The Labute approximate surface area is 95.7 Å². The van der Waals surface area contributed by atoms with Crippen molar-refractivity contribution in [2.24, 2.45) is 5.16 Å².